The number of rotatable bonds is 1. The van der Waals surface area contributed by atoms with Crippen molar-refractivity contribution in [3.63, 3.8) is 0 Å². The average molecular weight is 457 g/mol. The van der Waals surface area contributed by atoms with Gasteiger partial charge in [-0.1, -0.05) is 49.4 Å². The van der Waals surface area contributed by atoms with Gasteiger partial charge in [0.2, 0.25) is 0 Å². The maximum absolute atomic E-state index is 2.40. The molecule has 0 aliphatic carbocycles. The molecule has 0 saturated carbocycles. The van der Waals surface area contributed by atoms with Gasteiger partial charge in [0.15, 0.2) is 0 Å². The van der Waals surface area contributed by atoms with E-state index in [1.54, 1.807) is 0 Å². The fraction of sp³-hybridized carbons (Fsp3) is 0.0455. The van der Waals surface area contributed by atoms with Gasteiger partial charge in [-0.15, -0.1) is 34.5 Å². The van der Waals surface area contributed by atoms with Crippen LogP contribution in [0.1, 0.15) is 5.56 Å². The summed E-state index contributed by atoms with van der Waals surface area (Å²) >= 11 is 0. The number of hydrogen-bond donors (Lipinski definition) is 0. The van der Waals surface area contributed by atoms with Crippen LogP contribution >= 0.6 is 0 Å². The van der Waals surface area contributed by atoms with Crippen LogP contribution in [0, 0.1) is 6.92 Å². The van der Waals surface area contributed by atoms with Crippen LogP contribution in [-0.2, 0) is 26.2 Å². The molecule has 5 rings (SSSR count). The zero-order chi connectivity index (χ0) is 15.4. The van der Waals surface area contributed by atoms with Crippen molar-refractivity contribution >= 4 is 32.6 Å². The van der Waals surface area contributed by atoms with Crippen molar-refractivity contribution in [2.75, 3.05) is 0 Å². The smallest absolute Gasteiger partial charge is 1.00 e. The first kappa shape index (κ1) is 20.8. The summed E-state index contributed by atoms with van der Waals surface area (Å²) in [6.07, 6.45) is 0. The Morgan fingerprint density at radius 2 is 1.27 bits per heavy atom. The molecule has 0 bridgehead atoms. The van der Waals surface area contributed by atoms with E-state index in [1.165, 1.54) is 43.8 Å². The van der Waals surface area contributed by atoms with Crippen molar-refractivity contribution in [2.24, 2.45) is 0 Å². The molecule has 1 aromatic heterocycles. The van der Waals surface area contributed by atoms with Crippen molar-refractivity contribution in [1.29, 1.82) is 0 Å². The van der Waals surface area contributed by atoms with E-state index < -0.39 is 0 Å². The molecule has 0 atom stereocenters. The standard InChI is InChI=1S/C22H16N.2ClH.Zr/c1-15-13-16-7-6-12-22(19(16)14-15)23-20-10-4-2-8-17(20)18-9-3-5-11-21(18)23;;;/h2-14H,1H3;2*1H;/q-1;;;+3/p-2. The third-order valence-corrected chi connectivity index (χ3v) is 4.69. The Kier molecular flexibility index (Phi) is 6.45. The van der Waals surface area contributed by atoms with Crippen molar-refractivity contribution < 1.29 is 51.0 Å². The normalized spacial score (nSPS) is 10.3. The number of para-hydroxylation sites is 2. The number of benzene rings is 3. The Morgan fingerprint density at radius 1 is 0.692 bits per heavy atom. The van der Waals surface area contributed by atoms with Crippen LogP contribution in [0.2, 0.25) is 0 Å². The quantitative estimate of drug-likeness (QED) is 0.313. The maximum Gasteiger partial charge on any atom is 3.00 e. The molecular weight excluding hydrogens is 440 g/mol. The fourth-order valence-electron chi connectivity index (χ4n) is 3.75. The summed E-state index contributed by atoms with van der Waals surface area (Å²) in [5.74, 6) is 0. The van der Waals surface area contributed by atoms with Crippen LogP contribution in [0.4, 0.5) is 0 Å². The second-order valence-electron chi connectivity index (χ2n) is 6.18. The summed E-state index contributed by atoms with van der Waals surface area (Å²) < 4.78 is 2.40. The van der Waals surface area contributed by atoms with E-state index in [0.717, 1.165) is 0 Å². The van der Waals surface area contributed by atoms with Gasteiger partial charge >= 0.3 is 26.2 Å². The van der Waals surface area contributed by atoms with Crippen molar-refractivity contribution in [2.45, 2.75) is 6.92 Å². The Balaban J connectivity index is 0.000000810. The third-order valence-electron chi connectivity index (χ3n) is 4.69. The van der Waals surface area contributed by atoms with Gasteiger partial charge in [-0.3, -0.25) is 0 Å². The zero-order valence-electron chi connectivity index (χ0n) is 14.2. The number of nitrogens with zero attached hydrogens (tertiary/aromatic N) is 1. The second kappa shape index (κ2) is 8.05. The second-order valence-corrected chi connectivity index (χ2v) is 6.18. The van der Waals surface area contributed by atoms with E-state index in [9.17, 15) is 0 Å². The predicted octanol–water partition coefficient (Wildman–Crippen LogP) is -0.0303. The fourth-order valence-corrected chi connectivity index (χ4v) is 3.75. The molecule has 0 unspecified atom stereocenters. The maximum atomic E-state index is 2.40. The molecule has 5 aromatic rings. The molecule has 0 spiro atoms. The molecule has 0 fully saturated rings. The van der Waals surface area contributed by atoms with Gasteiger partial charge in [0.05, 0.1) is 11.0 Å². The molecule has 0 aliphatic rings. The van der Waals surface area contributed by atoms with Crippen LogP contribution in [0.25, 0.3) is 38.3 Å². The number of halogens is 2. The minimum Gasteiger partial charge on any atom is -1.00 e. The van der Waals surface area contributed by atoms with Crippen LogP contribution in [0.5, 0.6) is 0 Å². The van der Waals surface area contributed by atoms with Crippen LogP contribution < -0.4 is 24.8 Å². The van der Waals surface area contributed by atoms with E-state index >= 15 is 0 Å². The van der Waals surface area contributed by atoms with Crippen molar-refractivity contribution in [3.05, 3.63) is 84.4 Å². The summed E-state index contributed by atoms with van der Waals surface area (Å²) in [4.78, 5) is 0. The number of fused-ring (bicyclic) bond motifs is 4. The molecule has 1 nitrogen and oxygen atoms in total. The summed E-state index contributed by atoms with van der Waals surface area (Å²) in [7, 11) is 0. The van der Waals surface area contributed by atoms with Gasteiger partial charge < -0.3 is 29.4 Å². The van der Waals surface area contributed by atoms with Crippen LogP contribution in [0.15, 0.2) is 78.9 Å². The molecule has 0 N–H and O–H groups in total. The number of hydrogen-bond acceptors (Lipinski definition) is 0. The Labute approximate surface area is 184 Å². The molecular formula is C22H16Cl2NZr. The number of aromatic nitrogens is 1. The Hall–Kier alpha value is -1.47. The van der Waals surface area contributed by atoms with E-state index in [0.29, 0.717) is 0 Å². The van der Waals surface area contributed by atoms with E-state index in [-0.39, 0.29) is 51.0 Å². The largest absolute Gasteiger partial charge is 3.00 e. The van der Waals surface area contributed by atoms with Crippen molar-refractivity contribution in [3.8, 4) is 5.69 Å². The summed E-state index contributed by atoms with van der Waals surface area (Å²) in [5.41, 5.74) is 5.10. The summed E-state index contributed by atoms with van der Waals surface area (Å²) in [6.45, 7) is 2.16. The van der Waals surface area contributed by atoms with Crippen LogP contribution in [0.3, 0.4) is 0 Å². The molecule has 0 saturated heterocycles. The third kappa shape index (κ3) is 3.05. The molecule has 4 heteroatoms. The SMILES string of the molecule is Cc1cc2c(-n3c4ccccc4c4ccccc43)cccc2[cH-]1.[Cl-].[Cl-].[Zr+3]. The first-order valence-electron chi connectivity index (χ1n) is 7.97. The molecule has 0 aliphatic heterocycles. The summed E-state index contributed by atoms with van der Waals surface area (Å²) in [6, 6.07) is 28.4. The Morgan fingerprint density at radius 3 is 1.88 bits per heavy atom. The minimum atomic E-state index is 0. The first-order chi connectivity index (χ1) is 11.3. The van der Waals surface area contributed by atoms with Gasteiger partial charge in [-0.05, 0) is 12.1 Å². The molecule has 127 valence electrons. The molecule has 1 heterocycles. The minimum absolute atomic E-state index is 0. The molecule has 4 aromatic carbocycles. The summed E-state index contributed by atoms with van der Waals surface area (Å²) in [5, 5.41) is 5.24. The van der Waals surface area contributed by atoms with E-state index in [1.807, 2.05) is 0 Å². The van der Waals surface area contributed by atoms with Gasteiger partial charge in [0, 0.05) is 16.5 Å². The first-order valence-corrected chi connectivity index (χ1v) is 7.97. The molecule has 26 heavy (non-hydrogen) atoms. The number of aryl methyl sites for hydroxylation is 1. The van der Waals surface area contributed by atoms with Crippen LogP contribution in [-0.4, -0.2) is 4.57 Å². The van der Waals surface area contributed by atoms with Crippen molar-refractivity contribution in [1.82, 2.24) is 4.57 Å². The van der Waals surface area contributed by atoms with Gasteiger partial charge in [0.25, 0.3) is 0 Å². The molecule has 1 radical (unpaired) electrons. The predicted molar refractivity (Wildman–Crippen MR) is 98.6 cm³/mol. The van der Waals surface area contributed by atoms with Gasteiger partial charge in [-0.2, -0.15) is 6.07 Å². The zero-order valence-corrected chi connectivity index (χ0v) is 18.2. The van der Waals surface area contributed by atoms with E-state index in [4.69, 9.17) is 0 Å². The topological polar surface area (TPSA) is 4.93 Å². The van der Waals surface area contributed by atoms with Gasteiger partial charge in [0.1, 0.15) is 0 Å². The molecule has 0 amide bonds. The van der Waals surface area contributed by atoms with E-state index in [2.05, 4.69) is 90.4 Å². The van der Waals surface area contributed by atoms with Gasteiger partial charge in [-0.25, -0.2) is 0 Å². The Bertz CT molecular complexity index is 1130. The average Bonchev–Trinajstić information content (AvgIpc) is 3.12. The monoisotopic (exact) mass is 454 g/mol.